The van der Waals surface area contributed by atoms with Gasteiger partial charge in [0, 0.05) is 13.2 Å². The fourth-order valence-corrected chi connectivity index (χ4v) is 3.08. The number of amides is 1. The van der Waals surface area contributed by atoms with Gasteiger partial charge >= 0.3 is 0 Å². The summed E-state index contributed by atoms with van der Waals surface area (Å²) in [6.45, 7) is 5.64. The summed E-state index contributed by atoms with van der Waals surface area (Å²) >= 11 is 0. The summed E-state index contributed by atoms with van der Waals surface area (Å²) in [6.07, 6.45) is 7.33. The highest BCUT2D eigenvalue weighted by Gasteiger charge is 2.36. The van der Waals surface area contributed by atoms with Crippen LogP contribution in [0.25, 0.3) is 0 Å². The van der Waals surface area contributed by atoms with E-state index < -0.39 is 5.60 Å². The van der Waals surface area contributed by atoms with Gasteiger partial charge in [-0.3, -0.25) is 4.79 Å². The molecule has 116 valence electrons. The first kappa shape index (κ1) is 15.8. The molecular weight excluding hydrogens is 254 g/mol. The van der Waals surface area contributed by atoms with Crippen LogP contribution in [0.3, 0.4) is 0 Å². The second-order valence-corrected chi connectivity index (χ2v) is 7.36. The van der Waals surface area contributed by atoms with E-state index in [9.17, 15) is 9.90 Å². The van der Waals surface area contributed by atoms with Crippen LogP contribution in [-0.4, -0.2) is 35.9 Å². The summed E-state index contributed by atoms with van der Waals surface area (Å²) < 4.78 is 5.57. The predicted molar refractivity (Wildman–Crippen MR) is 78.4 cm³/mol. The highest BCUT2D eigenvalue weighted by Crippen LogP contribution is 2.39. The molecule has 1 saturated heterocycles. The zero-order valence-corrected chi connectivity index (χ0v) is 12.9. The van der Waals surface area contributed by atoms with Crippen LogP contribution in [-0.2, 0) is 9.53 Å². The van der Waals surface area contributed by atoms with Crippen LogP contribution in [0.4, 0.5) is 0 Å². The van der Waals surface area contributed by atoms with Gasteiger partial charge in [0.25, 0.3) is 0 Å². The monoisotopic (exact) mass is 283 g/mol. The van der Waals surface area contributed by atoms with E-state index in [0.29, 0.717) is 18.4 Å². The Balaban J connectivity index is 1.70. The Morgan fingerprint density at radius 3 is 2.55 bits per heavy atom. The van der Waals surface area contributed by atoms with Crippen molar-refractivity contribution in [3.8, 4) is 0 Å². The molecule has 1 saturated carbocycles. The molecule has 0 spiro atoms. The second-order valence-electron chi connectivity index (χ2n) is 7.36. The molecule has 1 unspecified atom stereocenters. The SMILES string of the molecule is CC1(C)CCC(O)(CNC(=O)CC2CCCCO2)CC1. The van der Waals surface area contributed by atoms with Gasteiger partial charge in [-0.2, -0.15) is 0 Å². The van der Waals surface area contributed by atoms with Crippen molar-refractivity contribution >= 4 is 5.91 Å². The topological polar surface area (TPSA) is 58.6 Å². The summed E-state index contributed by atoms with van der Waals surface area (Å²) in [5.74, 6) is 0.00941. The van der Waals surface area contributed by atoms with Crippen LogP contribution >= 0.6 is 0 Å². The lowest BCUT2D eigenvalue weighted by Crippen LogP contribution is -2.47. The minimum Gasteiger partial charge on any atom is -0.388 e. The van der Waals surface area contributed by atoms with Crippen LogP contribution in [0.5, 0.6) is 0 Å². The van der Waals surface area contributed by atoms with Crippen molar-refractivity contribution in [3.05, 3.63) is 0 Å². The molecule has 1 heterocycles. The predicted octanol–water partition coefficient (Wildman–Crippen LogP) is 2.39. The number of aliphatic hydroxyl groups is 1. The van der Waals surface area contributed by atoms with E-state index in [2.05, 4.69) is 19.2 Å². The number of carbonyl (C=O) groups is 1. The molecular formula is C16H29NO3. The molecule has 0 aromatic rings. The Bertz CT molecular complexity index is 325. The van der Waals surface area contributed by atoms with Crippen molar-refractivity contribution in [2.24, 2.45) is 5.41 Å². The standard InChI is InChI=1S/C16H29NO3/c1-15(2)6-8-16(19,9-7-15)12-17-14(18)11-13-5-3-4-10-20-13/h13,19H,3-12H2,1-2H3,(H,17,18). The normalized spacial score (nSPS) is 28.9. The van der Waals surface area contributed by atoms with E-state index in [0.717, 1.165) is 51.6 Å². The van der Waals surface area contributed by atoms with Crippen molar-refractivity contribution < 1.29 is 14.6 Å². The maximum Gasteiger partial charge on any atom is 0.222 e. The van der Waals surface area contributed by atoms with Crippen LogP contribution < -0.4 is 5.32 Å². The lowest BCUT2D eigenvalue weighted by Gasteiger charge is -2.40. The Hall–Kier alpha value is -0.610. The smallest absolute Gasteiger partial charge is 0.222 e. The molecule has 2 aliphatic rings. The summed E-state index contributed by atoms with van der Waals surface area (Å²) in [5.41, 5.74) is -0.384. The summed E-state index contributed by atoms with van der Waals surface area (Å²) in [6, 6.07) is 0. The second kappa shape index (κ2) is 6.44. The molecule has 1 aliphatic carbocycles. The average molecular weight is 283 g/mol. The van der Waals surface area contributed by atoms with Crippen LogP contribution in [0.1, 0.15) is 65.2 Å². The van der Waals surface area contributed by atoms with Crippen LogP contribution in [0.15, 0.2) is 0 Å². The molecule has 0 bridgehead atoms. The van der Waals surface area contributed by atoms with Crippen LogP contribution in [0.2, 0.25) is 0 Å². The third-order valence-corrected chi connectivity index (χ3v) is 4.84. The number of ether oxygens (including phenoxy) is 1. The Kier molecular flexibility index (Phi) is 5.08. The van der Waals surface area contributed by atoms with Gasteiger partial charge in [0.15, 0.2) is 0 Å². The van der Waals surface area contributed by atoms with Gasteiger partial charge in [0.2, 0.25) is 5.91 Å². The average Bonchev–Trinajstić information content (AvgIpc) is 2.42. The first-order valence-corrected chi connectivity index (χ1v) is 7.99. The fourth-order valence-electron chi connectivity index (χ4n) is 3.08. The number of nitrogens with one attached hydrogen (secondary N) is 1. The van der Waals surface area contributed by atoms with Gasteiger partial charge < -0.3 is 15.2 Å². The Morgan fingerprint density at radius 2 is 1.95 bits per heavy atom. The molecule has 2 rings (SSSR count). The Morgan fingerprint density at radius 1 is 1.25 bits per heavy atom. The fraction of sp³-hybridized carbons (Fsp3) is 0.938. The minimum atomic E-state index is -0.710. The van der Waals surface area contributed by atoms with Crippen LogP contribution in [0, 0.1) is 5.41 Å². The number of hydrogen-bond acceptors (Lipinski definition) is 3. The van der Waals surface area contributed by atoms with Crippen molar-refractivity contribution in [2.45, 2.75) is 76.9 Å². The lowest BCUT2D eigenvalue weighted by atomic mass is 9.71. The van der Waals surface area contributed by atoms with E-state index in [1.54, 1.807) is 0 Å². The molecule has 2 fully saturated rings. The zero-order chi connectivity index (χ0) is 14.6. The third-order valence-electron chi connectivity index (χ3n) is 4.84. The maximum atomic E-state index is 11.9. The molecule has 0 aromatic heterocycles. The number of carbonyl (C=O) groups excluding carboxylic acids is 1. The van der Waals surface area contributed by atoms with Gasteiger partial charge in [-0.1, -0.05) is 13.8 Å². The van der Waals surface area contributed by atoms with E-state index >= 15 is 0 Å². The van der Waals surface area contributed by atoms with Crippen molar-refractivity contribution in [2.75, 3.05) is 13.2 Å². The molecule has 1 atom stereocenters. The highest BCUT2D eigenvalue weighted by molar-refractivity contribution is 5.76. The van der Waals surface area contributed by atoms with Gasteiger partial charge in [-0.05, 0) is 50.4 Å². The van der Waals surface area contributed by atoms with Gasteiger partial charge in [0.1, 0.15) is 0 Å². The summed E-state index contributed by atoms with van der Waals surface area (Å²) in [5, 5.41) is 13.4. The highest BCUT2D eigenvalue weighted by atomic mass is 16.5. The van der Waals surface area contributed by atoms with Gasteiger partial charge in [-0.25, -0.2) is 0 Å². The number of rotatable bonds is 4. The molecule has 0 aromatic carbocycles. The lowest BCUT2D eigenvalue weighted by molar-refractivity contribution is -0.126. The molecule has 4 heteroatoms. The molecule has 20 heavy (non-hydrogen) atoms. The minimum absolute atomic E-state index is 0.00941. The quantitative estimate of drug-likeness (QED) is 0.833. The molecule has 4 nitrogen and oxygen atoms in total. The van der Waals surface area contributed by atoms with Crippen molar-refractivity contribution in [1.29, 1.82) is 0 Å². The largest absolute Gasteiger partial charge is 0.388 e. The van der Waals surface area contributed by atoms with E-state index in [4.69, 9.17) is 4.74 Å². The molecule has 1 aliphatic heterocycles. The Labute approximate surface area is 122 Å². The zero-order valence-electron chi connectivity index (χ0n) is 12.9. The molecule has 2 N–H and O–H groups in total. The third kappa shape index (κ3) is 4.74. The van der Waals surface area contributed by atoms with Crippen molar-refractivity contribution in [1.82, 2.24) is 5.32 Å². The maximum absolute atomic E-state index is 11.9. The molecule has 1 amide bonds. The van der Waals surface area contributed by atoms with E-state index in [1.165, 1.54) is 0 Å². The van der Waals surface area contributed by atoms with E-state index in [1.807, 2.05) is 0 Å². The first-order chi connectivity index (χ1) is 9.39. The summed E-state index contributed by atoms with van der Waals surface area (Å²) in [7, 11) is 0. The van der Waals surface area contributed by atoms with E-state index in [-0.39, 0.29) is 12.0 Å². The van der Waals surface area contributed by atoms with Gasteiger partial charge in [-0.15, -0.1) is 0 Å². The number of hydrogen-bond donors (Lipinski definition) is 2. The van der Waals surface area contributed by atoms with Crippen molar-refractivity contribution in [3.63, 3.8) is 0 Å². The first-order valence-electron chi connectivity index (χ1n) is 7.99. The van der Waals surface area contributed by atoms with Gasteiger partial charge in [0.05, 0.1) is 18.1 Å². The summed E-state index contributed by atoms with van der Waals surface area (Å²) in [4.78, 5) is 11.9. The molecule has 0 radical (unpaired) electrons.